The summed E-state index contributed by atoms with van der Waals surface area (Å²) in [5, 5.41) is 0.842. The van der Waals surface area contributed by atoms with Crippen molar-refractivity contribution in [2.75, 3.05) is 13.2 Å². The molecule has 0 spiro atoms. The van der Waals surface area contributed by atoms with E-state index in [1.165, 1.54) is 0 Å². The van der Waals surface area contributed by atoms with Gasteiger partial charge in [-0.15, -0.1) is 0 Å². The fourth-order valence-electron chi connectivity index (χ4n) is 4.30. The third kappa shape index (κ3) is 3.08. The van der Waals surface area contributed by atoms with E-state index in [0.717, 1.165) is 47.2 Å². The molecule has 0 unspecified atom stereocenters. The maximum absolute atomic E-state index is 13.2. The molecule has 4 rings (SSSR count). The second-order valence-corrected chi connectivity index (χ2v) is 7.88. The molecule has 7 nitrogen and oxygen atoms in total. The quantitative estimate of drug-likeness (QED) is 0.845. The maximum atomic E-state index is 13.2. The molecule has 1 aromatic heterocycles. The summed E-state index contributed by atoms with van der Waals surface area (Å²) in [6, 6.07) is 3.90. The highest BCUT2D eigenvalue weighted by Crippen LogP contribution is 2.41. The van der Waals surface area contributed by atoms with Crippen molar-refractivity contribution in [3.8, 4) is 11.5 Å². The fraction of sp³-hybridized carbons (Fsp3) is 0.524. The molecule has 3 heterocycles. The van der Waals surface area contributed by atoms with Crippen LogP contribution in [-0.4, -0.2) is 47.0 Å². The minimum absolute atomic E-state index is 0.0582. The summed E-state index contributed by atoms with van der Waals surface area (Å²) in [6.45, 7) is 6.87. The lowest BCUT2D eigenvalue weighted by molar-refractivity contribution is -0.123. The van der Waals surface area contributed by atoms with Crippen LogP contribution in [0.4, 0.5) is 0 Å². The molecule has 3 N–H and O–H groups in total. The van der Waals surface area contributed by atoms with Crippen molar-refractivity contribution in [1.29, 1.82) is 0 Å². The fourth-order valence-corrected chi connectivity index (χ4v) is 4.30. The number of benzene rings is 1. The Labute approximate surface area is 164 Å². The molecular formula is C21H27N3O4. The highest BCUT2D eigenvalue weighted by molar-refractivity contribution is 6.02. The van der Waals surface area contributed by atoms with Gasteiger partial charge in [-0.1, -0.05) is 0 Å². The number of nitrogens with two attached hydrogens (primary N) is 1. The summed E-state index contributed by atoms with van der Waals surface area (Å²) in [6.07, 6.45) is 2.40. The summed E-state index contributed by atoms with van der Waals surface area (Å²) >= 11 is 0. The van der Waals surface area contributed by atoms with E-state index in [1.54, 1.807) is 4.90 Å². The van der Waals surface area contributed by atoms with Crippen molar-refractivity contribution in [3.63, 3.8) is 0 Å². The zero-order valence-electron chi connectivity index (χ0n) is 16.6. The largest absolute Gasteiger partial charge is 0.493 e. The Balaban J connectivity index is 1.73. The first-order valence-electron chi connectivity index (χ1n) is 9.97. The van der Waals surface area contributed by atoms with E-state index in [-0.39, 0.29) is 29.9 Å². The standard InChI is InChI=1S/C21H27N3O4/c1-4-27-17-8-14-7-12(3)28-19(14)18-15(17)9-16(23-18)21(26)24-10-13(20(22)25)6-5-11(24)2/h8-9,11-13,23H,4-7,10H2,1-3H3,(H2,22,25)/t11-,12-,13-/m1/s1. The van der Waals surface area contributed by atoms with Crippen LogP contribution in [0.25, 0.3) is 10.9 Å². The minimum atomic E-state index is -0.347. The van der Waals surface area contributed by atoms with Crippen LogP contribution in [0.1, 0.15) is 49.7 Å². The zero-order valence-corrected chi connectivity index (χ0v) is 16.6. The Bertz CT molecular complexity index is 935. The molecule has 2 amide bonds. The number of carbonyl (C=O) groups is 2. The first-order valence-corrected chi connectivity index (χ1v) is 9.97. The third-order valence-electron chi connectivity index (χ3n) is 5.81. The third-order valence-corrected chi connectivity index (χ3v) is 5.81. The van der Waals surface area contributed by atoms with Crippen molar-refractivity contribution in [1.82, 2.24) is 9.88 Å². The molecule has 0 bridgehead atoms. The van der Waals surface area contributed by atoms with Gasteiger partial charge in [-0.25, -0.2) is 0 Å². The predicted octanol–water partition coefficient (Wildman–Crippen LogP) is 2.62. The number of primary amides is 1. The number of H-pyrrole nitrogens is 1. The van der Waals surface area contributed by atoms with Gasteiger partial charge in [-0.3, -0.25) is 9.59 Å². The monoisotopic (exact) mass is 385 g/mol. The lowest BCUT2D eigenvalue weighted by Gasteiger charge is -2.36. The molecule has 0 saturated carbocycles. The number of hydrogen-bond acceptors (Lipinski definition) is 4. The van der Waals surface area contributed by atoms with E-state index in [1.807, 2.05) is 32.9 Å². The molecule has 1 saturated heterocycles. The molecule has 7 heteroatoms. The summed E-state index contributed by atoms with van der Waals surface area (Å²) in [7, 11) is 0. The van der Waals surface area contributed by atoms with Gasteiger partial charge in [0.2, 0.25) is 5.91 Å². The van der Waals surface area contributed by atoms with E-state index in [9.17, 15) is 9.59 Å². The molecule has 150 valence electrons. The average molecular weight is 385 g/mol. The van der Waals surface area contributed by atoms with Crippen molar-refractivity contribution in [2.24, 2.45) is 11.7 Å². The van der Waals surface area contributed by atoms with Gasteiger partial charge in [-0.2, -0.15) is 0 Å². The van der Waals surface area contributed by atoms with Gasteiger partial charge in [0.25, 0.3) is 5.91 Å². The van der Waals surface area contributed by atoms with Crippen LogP contribution in [0.2, 0.25) is 0 Å². The zero-order chi connectivity index (χ0) is 20.0. The van der Waals surface area contributed by atoms with Gasteiger partial charge in [0, 0.05) is 30.0 Å². The molecule has 3 atom stereocenters. The second-order valence-electron chi connectivity index (χ2n) is 7.88. The number of likely N-dealkylation sites (tertiary alicyclic amines) is 1. The summed E-state index contributed by atoms with van der Waals surface area (Å²) in [5.74, 6) is 0.784. The number of nitrogens with one attached hydrogen (secondary N) is 1. The molecule has 2 aliphatic rings. The number of carbonyl (C=O) groups excluding carboxylic acids is 2. The normalized spacial score (nSPS) is 24.1. The number of aromatic amines is 1. The number of fused-ring (bicyclic) bond motifs is 3. The average Bonchev–Trinajstić information content (AvgIpc) is 3.25. The predicted molar refractivity (Wildman–Crippen MR) is 106 cm³/mol. The van der Waals surface area contributed by atoms with E-state index in [2.05, 4.69) is 4.98 Å². The van der Waals surface area contributed by atoms with E-state index in [4.69, 9.17) is 15.2 Å². The molecule has 1 aromatic carbocycles. The minimum Gasteiger partial charge on any atom is -0.493 e. The maximum Gasteiger partial charge on any atom is 0.270 e. The Hall–Kier alpha value is -2.70. The first-order chi connectivity index (χ1) is 13.4. The Morgan fingerprint density at radius 1 is 1.32 bits per heavy atom. The summed E-state index contributed by atoms with van der Waals surface area (Å²) in [4.78, 5) is 29.9. The molecule has 0 radical (unpaired) electrons. The number of rotatable bonds is 4. The van der Waals surface area contributed by atoms with Crippen LogP contribution in [-0.2, 0) is 11.2 Å². The van der Waals surface area contributed by atoms with Crippen molar-refractivity contribution in [3.05, 3.63) is 23.4 Å². The lowest BCUT2D eigenvalue weighted by Crippen LogP contribution is -2.48. The van der Waals surface area contributed by atoms with Gasteiger partial charge in [-0.05, 0) is 45.7 Å². The highest BCUT2D eigenvalue weighted by atomic mass is 16.5. The topological polar surface area (TPSA) is 97.7 Å². The number of aromatic nitrogens is 1. The van der Waals surface area contributed by atoms with E-state index in [0.29, 0.717) is 18.8 Å². The van der Waals surface area contributed by atoms with Crippen molar-refractivity contribution < 1.29 is 19.1 Å². The number of ether oxygens (including phenoxy) is 2. The Morgan fingerprint density at radius 3 is 2.82 bits per heavy atom. The molecule has 28 heavy (non-hydrogen) atoms. The van der Waals surface area contributed by atoms with Gasteiger partial charge >= 0.3 is 0 Å². The van der Waals surface area contributed by atoms with Crippen molar-refractivity contribution in [2.45, 2.75) is 52.2 Å². The number of amides is 2. The van der Waals surface area contributed by atoms with Gasteiger partial charge in [0.05, 0.1) is 18.0 Å². The molecular weight excluding hydrogens is 358 g/mol. The van der Waals surface area contributed by atoms with Crippen LogP contribution < -0.4 is 15.2 Å². The molecule has 0 aliphatic carbocycles. The van der Waals surface area contributed by atoms with E-state index < -0.39 is 0 Å². The van der Waals surface area contributed by atoms with Crippen LogP contribution in [0, 0.1) is 5.92 Å². The second kappa shape index (κ2) is 7.04. The summed E-state index contributed by atoms with van der Waals surface area (Å²) < 4.78 is 11.8. The molecule has 2 aromatic rings. The summed E-state index contributed by atoms with van der Waals surface area (Å²) in [5.41, 5.74) is 7.84. The number of hydrogen-bond donors (Lipinski definition) is 2. The van der Waals surface area contributed by atoms with Gasteiger partial charge in [0.1, 0.15) is 23.3 Å². The Kier molecular flexibility index (Phi) is 4.69. The lowest BCUT2D eigenvalue weighted by atomic mass is 9.92. The van der Waals surface area contributed by atoms with Gasteiger partial charge < -0.3 is 25.1 Å². The number of nitrogens with zero attached hydrogens (tertiary/aromatic N) is 1. The molecule has 2 aliphatic heterocycles. The first kappa shape index (κ1) is 18.7. The van der Waals surface area contributed by atoms with Crippen LogP contribution in [0.3, 0.4) is 0 Å². The highest BCUT2D eigenvalue weighted by Gasteiger charge is 2.33. The van der Waals surface area contributed by atoms with Crippen molar-refractivity contribution >= 4 is 22.7 Å². The van der Waals surface area contributed by atoms with Crippen LogP contribution in [0.5, 0.6) is 11.5 Å². The van der Waals surface area contributed by atoms with E-state index >= 15 is 0 Å². The smallest absolute Gasteiger partial charge is 0.270 e. The van der Waals surface area contributed by atoms with Crippen LogP contribution in [0.15, 0.2) is 12.1 Å². The number of piperidine rings is 1. The SMILES string of the molecule is CCOc1cc2c(c3[nH]c(C(=O)N4C[C@H](C(N)=O)CC[C@H]4C)cc13)O[C@H](C)C2. The van der Waals surface area contributed by atoms with Gasteiger partial charge in [0.15, 0.2) is 0 Å². The Morgan fingerprint density at radius 2 is 2.11 bits per heavy atom. The molecule has 1 fully saturated rings. The van der Waals surface area contributed by atoms with Crippen LogP contribution >= 0.6 is 0 Å².